The van der Waals surface area contributed by atoms with Crippen LogP contribution in [0.4, 0.5) is 0 Å². The van der Waals surface area contributed by atoms with Crippen LogP contribution in [-0.2, 0) is 26.9 Å². The van der Waals surface area contributed by atoms with Crippen molar-refractivity contribution in [1.82, 2.24) is 29.9 Å². The van der Waals surface area contributed by atoms with Gasteiger partial charge in [0.05, 0.1) is 5.69 Å². The molecule has 2 aromatic heterocycles. The third kappa shape index (κ3) is 3.07. The summed E-state index contributed by atoms with van der Waals surface area (Å²) < 4.78 is 3.80. The van der Waals surface area contributed by atoms with E-state index in [1.807, 2.05) is 30.5 Å². The minimum absolute atomic E-state index is 0.400. The molecule has 0 bridgehead atoms. The monoisotopic (exact) mass is 276 g/mol. The number of aromatic nitrogens is 5. The van der Waals surface area contributed by atoms with Gasteiger partial charge in [-0.2, -0.15) is 10.2 Å². The molecule has 0 fully saturated rings. The van der Waals surface area contributed by atoms with Crippen LogP contribution in [0.1, 0.15) is 29.2 Å². The third-order valence-electron chi connectivity index (χ3n) is 4.04. The van der Waals surface area contributed by atoms with Crippen molar-refractivity contribution in [2.75, 3.05) is 7.05 Å². The second-order valence-corrected chi connectivity index (χ2v) is 5.30. The van der Waals surface area contributed by atoms with Crippen LogP contribution in [0.3, 0.4) is 0 Å². The first kappa shape index (κ1) is 14.7. The molecule has 0 saturated carbocycles. The first-order valence-corrected chi connectivity index (χ1v) is 7.02. The van der Waals surface area contributed by atoms with Gasteiger partial charge < -0.3 is 5.32 Å². The van der Waals surface area contributed by atoms with Crippen LogP contribution in [0.5, 0.6) is 0 Å². The smallest absolute Gasteiger partial charge is 0.138 e. The number of hydrogen-bond donors (Lipinski definition) is 1. The quantitative estimate of drug-likeness (QED) is 0.852. The predicted molar refractivity (Wildman–Crippen MR) is 78.6 cm³/mol. The zero-order valence-electron chi connectivity index (χ0n) is 13.0. The van der Waals surface area contributed by atoms with E-state index in [1.54, 1.807) is 6.33 Å². The lowest BCUT2D eigenvalue weighted by atomic mass is 10.0. The molecule has 0 aromatic carbocycles. The molecule has 0 spiro atoms. The lowest BCUT2D eigenvalue weighted by Crippen LogP contribution is -2.29. The van der Waals surface area contributed by atoms with E-state index < -0.39 is 0 Å². The van der Waals surface area contributed by atoms with Crippen molar-refractivity contribution in [2.45, 2.75) is 39.2 Å². The summed E-state index contributed by atoms with van der Waals surface area (Å²) in [6, 6.07) is 0.400. The Morgan fingerprint density at radius 1 is 1.25 bits per heavy atom. The molecule has 0 aliphatic heterocycles. The molecule has 6 heteroatoms. The highest BCUT2D eigenvalue weighted by Gasteiger charge is 2.14. The van der Waals surface area contributed by atoms with E-state index >= 15 is 0 Å². The van der Waals surface area contributed by atoms with Crippen molar-refractivity contribution in [1.29, 1.82) is 0 Å². The molecule has 20 heavy (non-hydrogen) atoms. The van der Waals surface area contributed by atoms with Crippen molar-refractivity contribution in [2.24, 2.45) is 14.1 Å². The van der Waals surface area contributed by atoms with Gasteiger partial charge >= 0.3 is 0 Å². The third-order valence-corrected chi connectivity index (χ3v) is 4.04. The maximum Gasteiger partial charge on any atom is 0.138 e. The van der Waals surface area contributed by atoms with E-state index in [2.05, 4.69) is 34.3 Å². The van der Waals surface area contributed by atoms with Gasteiger partial charge in [0.25, 0.3) is 0 Å². The summed E-state index contributed by atoms with van der Waals surface area (Å²) in [6.07, 6.45) is 4.61. The first-order chi connectivity index (χ1) is 9.52. The van der Waals surface area contributed by atoms with Gasteiger partial charge in [-0.05, 0) is 39.3 Å². The summed E-state index contributed by atoms with van der Waals surface area (Å²) >= 11 is 0. The summed E-state index contributed by atoms with van der Waals surface area (Å²) in [5, 5.41) is 12.0. The number of aryl methyl sites for hydroxylation is 3. The van der Waals surface area contributed by atoms with Crippen LogP contribution >= 0.6 is 0 Å². The Morgan fingerprint density at radius 2 is 2.00 bits per heavy atom. The number of likely N-dealkylation sites (N-methyl/N-ethyl adjacent to an activating group) is 1. The number of nitrogens with zero attached hydrogens (tertiary/aromatic N) is 5. The number of hydrogen-bond acceptors (Lipinski definition) is 4. The standard InChI is InChI=1S/C14H24N6/c1-10-13(11(2)19(4)18-10)7-6-12(15-3)8-14-16-9-17-20(14)5/h9,12,15H,6-8H2,1-5H3. The molecule has 1 N–H and O–H groups in total. The Hall–Kier alpha value is -1.69. The Bertz CT molecular complexity index is 568. The highest BCUT2D eigenvalue weighted by atomic mass is 15.3. The molecule has 0 aliphatic rings. The Kier molecular flexibility index (Phi) is 4.54. The second-order valence-electron chi connectivity index (χ2n) is 5.30. The van der Waals surface area contributed by atoms with Crippen molar-refractivity contribution in [3.8, 4) is 0 Å². The fraction of sp³-hybridized carbons (Fsp3) is 0.643. The van der Waals surface area contributed by atoms with Crippen LogP contribution in [0.15, 0.2) is 6.33 Å². The van der Waals surface area contributed by atoms with Gasteiger partial charge in [0.15, 0.2) is 0 Å². The van der Waals surface area contributed by atoms with Gasteiger partial charge in [-0.25, -0.2) is 4.98 Å². The lowest BCUT2D eigenvalue weighted by Gasteiger charge is -2.15. The Labute approximate surface area is 120 Å². The maximum absolute atomic E-state index is 4.47. The molecule has 0 amide bonds. The largest absolute Gasteiger partial charge is 0.317 e. The predicted octanol–water partition coefficient (Wildman–Crippen LogP) is 0.929. The van der Waals surface area contributed by atoms with Crippen molar-refractivity contribution in [3.05, 3.63) is 29.1 Å². The second kappa shape index (κ2) is 6.17. The average Bonchev–Trinajstić information content (AvgIpc) is 2.91. The molecule has 0 radical (unpaired) electrons. The molecular weight excluding hydrogens is 252 g/mol. The molecule has 1 atom stereocenters. The van der Waals surface area contributed by atoms with Crippen molar-refractivity contribution < 1.29 is 0 Å². The molecule has 1 unspecified atom stereocenters. The van der Waals surface area contributed by atoms with Gasteiger partial charge in [0, 0.05) is 32.3 Å². The lowest BCUT2D eigenvalue weighted by molar-refractivity contribution is 0.496. The van der Waals surface area contributed by atoms with E-state index in [4.69, 9.17) is 0 Å². The van der Waals surface area contributed by atoms with Crippen LogP contribution in [0.25, 0.3) is 0 Å². The van der Waals surface area contributed by atoms with Crippen LogP contribution in [0.2, 0.25) is 0 Å². The van der Waals surface area contributed by atoms with Crippen LogP contribution < -0.4 is 5.32 Å². The molecule has 110 valence electrons. The van der Waals surface area contributed by atoms with Gasteiger partial charge in [-0.1, -0.05) is 0 Å². The zero-order chi connectivity index (χ0) is 14.7. The summed E-state index contributed by atoms with van der Waals surface area (Å²) in [5.41, 5.74) is 3.76. The van der Waals surface area contributed by atoms with Gasteiger partial charge in [0.1, 0.15) is 12.2 Å². The maximum atomic E-state index is 4.47. The van der Waals surface area contributed by atoms with Gasteiger partial charge in [-0.3, -0.25) is 9.36 Å². The van der Waals surface area contributed by atoms with Crippen LogP contribution in [0, 0.1) is 13.8 Å². The zero-order valence-corrected chi connectivity index (χ0v) is 13.0. The minimum Gasteiger partial charge on any atom is -0.317 e. The molecular formula is C14H24N6. The minimum atomic E-state index is 0.400. The molecule has 2 heterocycles. The summed E-state index contributed by atoms with van der Waals surface area (Å²) in [6.45, 7) is 4.21. The van der Waals surface area contributed by atoms with Crippen LogP contribution in [-0.4, -0.2) is 37.6 Å². The van der Waals surface area contributed by atoms with Crippen molar-refractivity contribution >= 4 is 0 Å². The fourth-order valence-corrected chi connectivity index (χ4v) is 2.57. The van der Waals surface area contributed by atoms with Gasteiger partial charge in [0.2, 0.25) is 0 Å². The topological polar surface area (TPSA) is 60.6 Å². The highest BCUT2D eigenvalue weighted by Crippen LogP contribution is 2.15. The van der Waals surface area contributed by atoms with E-state index in [-0.39, 0.29) is 0 Å². The first-order valence-electron chi connectivity index (χ1n) is 7.02. The number of rotatable bonds is 6. The van der Waals surface area contributed by atoms with Crippen molar-refractivity contribution in [3.63, 3.8) is 0 Å². The van der Waals surface area contributed by atoms with E-state index in [0.29, 0.717) is 6.04 Å². The fourth-order valence-electron chi connectivity index (χ4n) is 2.57. The average molecular weight is 276 g/mol. The Morgan fingerprint density at radius 3 is 2.50 bits per heavy atom. The van der Waals surface area contributed by atoms with E-state index in [0.717, 1.165) is 30.8 Å². The van der Waals surface area contributed by atoms with E-state index in [9.17, 15) is 0 Å². The molecule has 2 rings (SSSR count). The summed E-state index contributed by atoms with van der Waals surface area (Å²) in [4.78, 5) is 4.29. The molecule has 0 saturated heterocycles. The number of nitrogens with one attached hydrogen (secondary N) is 1. The van der Waals surface area contributed by atoms with Gasteiger partial charge in [-0.15, -0.1) is 0 Å². The molecule has 2 aromatic rings. The summed E-state index contributed by atoms with van der Waals surface area (Å²) in [5.74, 6) is 1.02. The molecule has 0 aliphatic carbocycles. The van der Waals surface area contributed by atoms with E-state index in [1.165, 1.54) is 11.3 Å². The molecule has 6 nitrogen and oxygen atoms in total. The normalized spacial score (nSPS) is 12.8. The SMILES string of the molecule is CNC(CCc1c(C)nn(C)c1C)Cc1ncnn1C. The highest BCUT2D eigenvalue weighted by molar-refractivity contribution is 5.24. The Balaban J connectivity index is 1.99. The summed E-state index contributed by atoms with van der Waals surface area (Å²) in [7, 11) is 5.94.